The number of carbonyl (C=O) groups excluding carboxylic acids is 3. The standard InChI is InChI=1S/C28H26BrFN6O4S/c1-16(37)27-21-12-18(17-6-9-20(10-7-17)41(2,31)40)8-11-22(21)36(34-27)15-26(38)35-14-19(30)13-23(35)28(39)33-25-5-3-4-24(29)32-25/h3-12,19,23,31H,13-15H2,1-2H3,(H,32,33,39)/t19-,23+,41?/m1/s1. The molecule has 0 radical (unpaired) electrons. The number of rotatable bonds is 7. The maximum Gasteiger partial charge on any atom is 0.248 e. The van der Waals surface area contributed by atoms with E-state index in [9.17, 15) is 23.0 Å². The van der Waals surface area contributed by atoms with Crippen molar-refractivity contribution in [2.75, 3.05) is 18.1 Å². The Morgan fingerprint density at radius 3 is 2.49 bits per heavy atom. The smallest absolute Gasteiger partial charge is 0.248 e. The fourth-order valence-electron chi connectivity index (χ4n) is 4.86. The van der Waals surface area contributed by atoms with E-state index in [2.05, 4.69) is 31.3 Å². The van der Waals surface area contributed by atoms with Crippen LogP contribution in [0.25, 0.3) is 22.0 Å². The van der Waals surface area contributed by atoms with E-state index in [1.54, 1.807) is 54.6 Å². The molecule has 1 aliphatic rings. The summed E-state index contributed by atoms with van der Waals surface area (Å²) >= 11 is 3.24. The second-order valence-corrected chi connectivity index (χ2v) is 12.9. The summed E-state index contributed by atoms with van der Waals surface area (Å²) in [6, 6.07) is 16.1. The molecule has 5 rings (SSSR count). The van der Waals surface area contributed by atoms with Gasteiger partial charge in [-0.15, -0.1) is 0 Å². The minimum absolute atomic E-state index is 0.139. The number of fused-ring (bicyclic) bond motifs is 1. The maximum absolute atomic E-state index is 14.5. The number of pyridine rings is 1. The molecule has 2 aromatic carbocycles. The number of Topliss-reactive ketones (excluding diaryl/α,β-unsaturated/α-hetero) is 1. The van der Waals surface area contributed by atoms with Gasteiger partial charge in [-0.1, -0.05) is 24.3 Å². The Hall–Kier alpha value is -3.97. The quantitative estimate of drug-likeness (QED) is 0.222. The monoisotopic (exact) mass is 640 g/mol. The van der Waals surface area contributed by atoms with Crippen LogP contribution in [0.2, 0.25) is 0 Å². The Balaban J connectivity index is 1.41. The Morgan fingerprint density at radius 1 is 1.12 bits per heavy atom. The number of likely N-dealkylation sites (tertiary alicyclic amines) is 1. The van der Waals surface area contributed by atoms with Gasteiger partial charge in [-0.25, -0.2) is 18.4 Å². The molecule has 2 aromatic heterocycles. The first-order valence-corrected chi connectivity index (χ1v) is 15.4. The molecule has 2 amide bonds. The molecular weight excluding hydrogens is 615 g/mol. The summed E-state index contributed by atoms with van der Waals surface area (Å²) < 4.78 is 36.1. The van der Waals surface area contributed by atoms with E-state index in [1.165, 1.54) is 22.8 Å². The molecule has 10 nitrogen and oxygen atoms in total. The summed E-state index contributed by atoms with van der Waals surface area (Å²) in [7, 11) is -2.85. The highest BCUT2D eigenvalue weighted by molar-refractivity contribution is 9.10. The van der Waals surface area contributed by atoms with E-state index >= 15 is 0 Å². The molecule has 4 aromatic rings. The zero-order valence-corrected chi connectivity index (χ0v) is 24.5. The van der Waals surface area contributed by atoms with Crippen LogP contribution in [-0.2, 0) is 25.9 Å². The fourth-order valence-corrected chi connectivity index (χ4v) is 5.86. The number of benzene rings is 2. The molecule has 0 bridgehead atoms. The molecule has 3 atom stereocenters. The number of amides is 2. The van der Waals surface area contributed by atoms with Gasteiger partial charge in [-0.3, -0.25) is 19.1 Å². The van der Waals surface area contributed by atoms with Crippen LogP contribution in [0.4, 0.5) is 10.2 Å². The van der Waals surface area contributed by atoms with Crippen molar-refractivity contribution < 1.29 is 23.0 Å². The molecule has 1 unspecified atom stereocenters. The highest BCUT2D eigenvalue weighted by atomic mass is 79.9. The number of ketones is 1. The van der Waals surface area contributed by atoms with Crippen molar-refractivity contribution in [3.8, 4) is 11.1 Å². The summed E-state index contributed by atoms with van der Waals surface area (Å²) in [4.78, 5) is 44.6. The predicted molar refractivity (Wildman–Crippen MR) is 156 cm³/mol. The largest absolute Gasteiger partial charge is 0.326 e. The third kappa shape index (κ3) is 6.05. The lowest BCUT2D eigenvalue weighted by Crippen LogP contribution is -2.44. The normalized spacial score (nSPS) is 18.3. The van der Waals surface area contributed by atoms with Gasteiger partial charge in [0.05, 0.1) is 21.8 Å². The van der Waals surface area contributed by atoms with Gasteiger partial charge in [-0.2, -0.15) is 5.10 Å². The van der Waals surface area contributed by atoms with Crippen LogP contribution in [0, 0.1) is 4.78 Å². The summed E-state index contributed by atoms with van der Waals surface area (Å²) in [5.74, 6) is -1.07. The number of aromatic nitrogens is 3. The molecule has 13 heteroatoms. The van der Waals surface area contributed by atoms with Crippen LogP contribution < -0.4 is 5.32 Å². The number of hydrogen-bond acceptors (Lipinski definition) is 7. The number of alkyl halides is 1. The van der Waals surface area contributed by atoms with E-state index in [0.29, 0.717) is 20.4 Å². The van der Waals surface area contributed by atoms with E-state index in [1.807, 2.05) is 6.07 Å². The Kier molecular flexibility index (Phi) is 7.75. The number of nitrogens with zero attached hydrogens (tertiary/aromatic N) is 4. The van der Waals surface area contributed by atoms with Crippen molar-refractivity contribution in [1.29, 1.82) is 4.78 Å². The summed E-state index contributed by atoms with van der Waals surface area (Å²) in [5.41, 5.74) is 2.26. The van der Waals surface area contributed by atoms with Crippen LogP contribution >= 0.6 is 15.9 Å². The number of hydrogen-bond donors (Lipinski definition) is 2. The first-order chi connectivity index (χ1) is 19.4. The topological polar surface area (TPSA) is 138 Å². The first kappa shape index (κ1) is 28.6. The Labute approximate surface area is 244 Å². The number of carbonyl (C=O) groups is 3. The van der Waals surface area contributed by atoms with E-state index in [0.717, 1.165) is 11.1 Å². The van der Waals surface area contributed by atoms with Crippen LogP contribution in [0.5, 0.6) is 0 Å². The molecule has 1 fully saturated rings. The van der Waals surface area contributed by atoms with Crippen molar-refractivity contribution >= 4 is 60.0 Å². The molecule has 1 saturated heterocycles. The molecule has 0 aliphatic carbocycles. The van der Waals surface area contributed by atoms with Crippen molar-refractivity contribution in [1.82, 2.24) is 19.7 Å². The molecule has 212 valence electrons. The lowest BCUT2D eigenvalue weighted by molar-refractivity contribution is -0.137. The van der Waals surface area contributed by atoms with Crippen LogP contribution in [0.1, 0.15) is 23.8 Å². The van der Waals surface area contributed by atoms with Crippen LogP contribution in [0.3, 0.4) is 0 Å². The molecule has 41 heavy (non-hydrogen) atoms. The SMILES string of the molecule is CC(=O)c1nn(CC(=O)N2C[C@H](F)C[C@H]2C(=O)Nc2cccc(Br)n2)c2ccc(-c3ccc(S(C)(=N)=O)cc3)cc12. The van der Waals surface area contributed by atoms with Gasteiger partial charge < -0.3 is 10.2 Å². The van der Waals surface area contributed by atoms with Crippen molar-refractivity contribution in [3.05, 3.63) is 71.0 Å². The summed E-state index contributed by atoms with van der Waals surface area (Å²) in [6.45, 7) is 0.855. The number of nitrogens with one attached hydrogen (secondary N) is 2. The second kappa shape index (κ2) is 11.1. The zero-order chi connectivity index (χ0) is 29.5. The summed E-state index contributed by atoms with van der Waals surface area (Å²) in [6.07, 6.45) is -0.149. The number of anilines is 1. The van der Waals surface area contributed by atoms with E-state index in [4.69, 9.17) is 4.78 Å². The highest BCUT2D eigenvalue weighted by Gasteiger charge is 2.40. The number of halogens is 2. The van der Waals surface area contributed by atoms with E-state index in [-0.39, 0.29) is 36.8 Å². The lowest BCUT2D eigenvalue weighted by Gasteiger charge is -2.23. The van der Waals surface area contributed by atoms with Gasteiger partial charge in [-0.05, 0) is 63.5 Å². The van der Waals surface area contributed by atoms with Crippen molar-refractivity contribution in [2.45, 2.75) is 37.0 Å². The highest BCUT2D eigenvalue weighted by Crippen LogP contribution is 2.29. The van der Waals surface area contributed by atoms with Crippen LogP contribution in [0.15, 0.2) is 70.2 Å². The zero-order valence-electron chi connectivity index (χ0n) is 22.1. The van der Waals surface area contributed by atoms with Crippen molar-refractivity contribution in [3.63, 3.8) is 0 Å². The molecule has 3 heterocycles. The minimum Gasteiger partial charge on any atom is -0.326 e. The average molecular weight is 642 g/mol. The molecular formula is C28H26BrFN6O4S. The third-order valence-electron chi connectivity index (χ3n) is 6.85. The molecule has 2 N–H and O–H groups in total. The average Bonchev–Trinajstić information content (AvgIpc) is 3.49. The summed E-state index contributed by atoms with van der Waals surface area (Å²) in [5, 5.41) is 7.57. The van der Waals surface area contributed by atoms with Gasteiger partial charge >= 0.3 is 0 Å². The van der Waals surface area contributed by atoms with E-state index < -0.39 is 33.8 Å². The van der Waals surface area contributed by atoms with Gasteiger partial charge in [0.1, 0.15) is 34.9 Å². The molecule has 0 saturated carbocycles. The van der Waals surface area contributed by atoms with Gasteiger partial charge in [0.25, 0.3) is 0 Å². The molecule has 0 spiro atoms. The lowest BCUT2D eigenvalue weighted by atomic mass is 10.0. The van der Waals surface area contributed by atoms with Crippen LogP contribution in [-0.4, -0.2) is 66.5 Å². The Bertz CT molecular complexity index is 1790. The Morgan fingerprint density at radius 2 is 1.83 bits per heavy atom. The van der Waals surface area contributed by atoms with Gasteiger partial charge in [0.2, 0.25) is 11.8 Å². The van der Waals surface area contributed by atoms with Crippen molar-refractivity contribution in [2.24, 2.45) is 0 Å². The third-order valence-corrected chi connectivity index (χ3v) is 8.46. The molecule has 1 aliphatic heterocycles. The second-order valence-electron chi connectivity index (χ2n) is 9.89. The first-order valence-electron chi connectivity index (χ1n) is 12.6. The minimum atomic E-state index is -2.85. The fraction of sp³-hybridized carbons (Fsp3) is 0.250. The predicted octanol–water partition coefficient (Wildman–Crippen LogP) is 4.68. The van der Waals surface area contributed by atoms with Gasteiger partial charge in [0.15, 0.2) is 5.78 Å². The van der Waals surface area contributed by atoms with Gasteiger partial charge in [0, 0.05) is 29.9 Å². The maximum atomic E-state index is 14.5.